The van der Waals surface area contributed by atoms with E-state index >= 15 is 0 Å². The van der Waals surface area contributed by atoms with Crippen LogP contribution < -0.4 is 5.32 Å². The first-order valence-corrected chi connectivity index (χ1v) is 6.73. The van der Waals surface area contributed by atoms with E-state index in [2.05, 4.69) is 15.5 Å². The summed E-state index contributed by atoms with van der Waals surface area (Å²) in [5.74, 6) is 0.0542. The van der Waals surface area contributed by atoms with E-state index < -0.39 is 11.6 Å². The molecule has 0 aliphatic heterocycles. The molecule has 6 heteroatoms. The monoisotopic (exact) mass is 283 g/mol. The van der Waals surface area contributed by atoms with Gasteiger partial charge < -0.3 is 15.2 Å². The van der Waals surface area contributed by atoms with Crippen LogP contribution in [0.15, 0.2) is 12.3 Å². The number of carbonyl (C=O) groups is 1. The number of aromatic amines is 1. The number of nitrogens with one attached hydrogen (secondary N) is 2. The average molecular weight is 283 g/mol. The number of hydrogen-bond acceptors (Lipinski definition) is 3. The first-order valence-electron chi connectivity index (χ1n) is 6.73. The molecule has 0 spiro atoms. The number of H-pyrrole nitrogens is 1. The van der Waals surface area contributed by atoms with Gasteiger partial charge in [0.05, 0.1) is 12.2 Å². The summed E-state index contributed by atoms with van der Waals surface area (Å²) >= 11 is 0. The van der Waals surface area contributed by atoms with Crippen LogP contribution in [0, 0.1) is 0 Å². The molecule has 0 aliphatic rings. The zero-order valence-electron chi connectivity index (χ0n) is 12.9. The van der Waals surface area contributed by atoms with Gasteiger partial charge in [0.1, 0.15) is 0 Å². The first kappa shape index (κ1) is 16.5. The van der Waals surface area contributed by atoms with Crippen LogP contribution in [0.5, 0.6) is 0 Å². The summed E-state index contributed by atoms with van der Waals surface area (Å²) in [6, 6.07) is 1.90. The van der Waals surface area contributed by atoms with Crippen molar-refractivity contribution in [2.24, 2.45) is 0 Å². The molecule has 1 rings (SSSR count). The Kier molecular flexibility index (Phi) is 5.16. The molecule has 1 aromatic heterocycles. The Balaban J connectivity index is 2.76. The number of carboxylic acid groups (broad SMARTS) is 1. The Bertz CT molecular complexity index is 421. The van der Waals surface area contributed by atoms with E-state index in [0.717, 1.165) is 5.69 Å². The largest absolute Gasteiger partial charge is 0.465 e. The summed E-state index contributed by atoms with van der Waals surface area (Å²) in [5, 5.41) is 18.3. The summed E-state index contributed by atoms with van der Waals surface area (Å²) in [6.45, 7) is 10.2. The van der Waals surface area contributed by atoms with E-state index in [1.54, 1.807) is 6.20 Å². The van der Waals surface area contributed by atoms with Crippen LogP contribution in [-0.2, 0) is 4.74 Å². The third-order valence-corrected chi connectivity index (χ3v) is 2.88. The van der Waals surface area contributed by atoms with Crippen molar-refractivity contribution in [1.29, 1.82) is 0 Å². The number of nitrogens with zero attached hydrogens (tertiary/aromatic N) is 1. The predicted molar refractivity (Wildman–Crippen MR) is 76.9 cm³/mol. The highest BCUT2D eigenvalue weighted by Crippen LogP contribution is 2.26. The minimum absolute atomic E-state index is 0.0542. The average Bonchev–Trinajstić information content (AvgIpc) is 2.73. The first-order chi connectivity index (χ1) is 9.09. The van der Waals surface area contributed by atoms with Crippen molar-refractivity contribution in [1.82, 2.24) is 15.5 Å². The minimum Gasteiger partial charge on any atom is -0.465 e. The van der Waals surface area contributed by atoms with E-state index in [1.807, 2.05) is 40.7 Å². The van der Waals surface area contributed by atoms with Gasteiger partial charge in [-0.25, -0.2) is 4.79 Å². The zero-order valence-corrected chi connectivity index (χ0v) is 12.9. The topological polar surface area (TPSA) is 87.2 Å². The van der Waals surface area contributed by atoms with Gasteiger partial charge in [-0.2, -0.15) is 5.10 Å². The van der Waals surface area contributed by atoms with Crippen molar-refractivity contribution in [3.63, 3.8) is 0 Å². The van der Waals surface area contributed by atoms with Crippen molar-refractivity contribution in [2.45, 2.75) is 58.1 Å². The van der Waals surface area contributed by atoms with Crippen LogP contribution in [0.25, 0.3) is 0 Å². The lowest BCUT2D eigenvalue weighted by Gasteiger charge is -2.31. The maximum absolute atomic E-state index is 10.8. The molecule has 0 saturated carbocycles. The molecule has 1 aromatic rings. The van der Waals surface area contributed by atoms with Gasteiger partial charge in [-0.05, 0) is 47.1 Å². The summed E-state index contributed by atoms with van der Waals surface area (Å²) in [4.78, 5) is 10.8. The number of amides is 1. The van der Waals surface area contributed by atoms with E-state index in [-0.39, 0.29) is 11.5 Å². The number of rotatable bonds is 6. The van der Waals surface area contributed by atoms with Gasteiger partial charge in [0.2, 0.25) is 0 Å². The lowest BCUT2D eigenvalue weighted by Crippen LogP contribution is -2.44. The molecule has 6 nitrogen and oxygen atoms in total. The molecule has 0 saturated heterocycles. The molecule has 0 aliphatic carbocycles. The minimum atomic E-state index is -1.02. The molecule has 0 radical (unpaired) electrons. The maximum atomic E-state index is 10.8. The van der Waals surface area contributed by atoms with Crippen LogP contribution in [0.3, 0.4) is 0 Å². The summed E-state index contributed by atoms with van der Waals surface area (Å²) in [7, 11) is 0. The van der Waals surface area contributed by atoms with Gasteiger partial charge in [0.15, 0.2) is 0 Å². The molecular formula is C14H25N3O3. The lowest BCUT2D eigenvalue weighted by atomic mass is 9.89. The molecule has 1 atom stereocenters. The second kappa shape index (κ2) is 6.26. The highest BCUT2D eigenvalue weighted by atomic mass is 16.5. The van der Waals surface area contributed by atoms with Crippen molar-refractivity contribution < 1.29 is 14.6 Å². The van der Waals surface area contributed by atoms with E-state index in [0.29, 0.717) is 13.0 Å². The summed E-state index contributed by atoms with van der Waals surface area (Å²) in [6.07, 6.45) is 1.30. The van der Waals surface area contributed by atoms with Crippen LogP contribution in [0.2, 0.25) is 0 Å². The second-order valence-corrected chi connectivity index (χ2v) is 6.65. The Morgan fingerprint density at radius 1 is 1.45 bits per heavy atom. The van der Waals surface area contributed by atoms with E-state index in [4.69, 9.17) is 9.84 Å². The molecule has 0 aromatic carbocycles. The fourth-order valence-electron chi connectivity index (χ4n) is 2.06. The van der Waals surface area contributed by atoms with Gasteiger partial charge in [-0.3, -0.25) is 5.10 Å². The SMILES string of the molecule is CC(C)(C[C@@H](COC(C)(C)C)c1ccn[nH]1)NC(=O)O. The van der Waals surface area contributed by atoms with Gasteiger partial charge in [0.25, 0.3) is 0 Å². The normalized spacial score (nSPS) is 14.1. The highest BCUT2D eigenvalue weighted by molar-refractivity contribution is 5.65. The number of hydrogen-bond donors (Lipinski definition) is 3. The quantitative estimate of drug-likeness (QED) is 0.749. The molecule has 3 N–H and O–H groups in total. The molecule has 1 heterocycles. The summed E-state index contributed by atoms with van der Waals surface area (Å²) in [5.41, 5.74) is 0.181. The van der Waals surface area contributed by atoms with Gasteiger partial charge in [-0.1, -0.05) is 0 Å². The Hall–Kier alpha value is -1.56. The lowest BCUT2D eigenvalue weighted by molar-refractivity contribution is -0.0147. The van der Waals surface area contributed by atoms with Crippen LogP contribution in [0.1, 0.15) is 52.7 Å². The molecule has 0 unspecified atom stereocenters. The molecule has 0 fully saturated rings. The second-order valence-electron chi connectivity index (χ2n) is 6.65. The Labute approximate surface area is 119 Å². The third kappa shape index (κ3) is 6.06. The predicted octanol–water partition coefficient (Wildman–Crippen LogP) is 2.74. The molecular weight excluding hydrogens is 258 g/mol. The highest BCUT2D eigenvalue weighted by Gasteiger charge is 2.28. The van der Waals surface area contributed by atoms with Crippen molar-refractivity contribution >= 4 is 6.09 Å². The van der Waals surface area contributed by atoms with Gasteiger partial charge in [0, 0.05) is 23.3 Å². The maximum Gasteiger partial charge on any atom is 0.405 e. The smallest absolute Gasteiger partial charge is 0.405 e. The van der Waals surface area contributed by atoms with Gasteiger partial charge in [-0.15, -0.1) is 0 Å². The number of aromatic nitrogens is 2. The number of ether oxygens (including phenoxy) is 1. The van der Waals surface area contributed by atoms with Gasteiger partial charge >= 0.3 is 6.09 Å². The Morgan fingerprint density at radius 3 is 2.55 bits per heavy atom. The fourth-order valence-corrected chi connectivity index (χ4v) is 2.06. The van der Waals surface area contributed by atoms with Crippen LogP contribution in [0.4, 0.5) is 4.79 Å². The van der Waals surface area contributed by atoms with Crippen molar-refractivity contribution in [2.75, 3.05) is 6.61 Å². The molecule has 114 valence electrons. The zero-order chi connectivity index (χ0) is 15.4. The van der Waals surface area contributed by atoms with Crippen LogP contribution in [-0.4, -0.2) is 39.1 Å². The van der Waals surface area contributed by atoms with E-state index in [9.17, 15) is 4.79 Å². The van der Waals surface area contributed by atoms with Crippen molar-refractivity contribution in [3.05, 3.63) is 18.0 Å². The standard InChI is InChI=1S/C14H25N3O3/c1-13(2,3)20-9-10(11-6-7-15-17-11)8-14(4,5)16-12(18)19/h6-7,10,16H,8-9H2,1-5H3,(H,15,17)(H,18,19)/t10-/m0/s1. The summed E-state index contributed by atoms with van der Waals surface area (Å²) < 4.78 is 5.84. The van der Waals surface area contributed by atoms with Crippen LogP contribution >= 0.6 is 0 Å². The third-order valence-electron chi connectivity index (χ3n) is 2.88. The molecule has 20 heavy (non-hydrogen) atoms. The van der Waals surface area contributed by atoms with E-state index in [1.165, 1.54) is 0 Å². The van der Waals surface area contributed by atoms with Crippen molar-refractivity contribution in [3.8, 4) is 0 Å². The molecule has 1 amide bonds. The molecule has 0 bridgehead atoms. The Morgan fingerprint density at radius 2 is 2.10 bits per heavy atom. The fraction of sp³-hybridized carbons (Fsp3) is 0.714.